The maximum atomic E-state index is 9.88. The summed E-state index contributed by atoms with van der Waals surface area (Å²) in [6, 6.07) is 24.3. The number of rotatable bonds is 6. The fourth-order valence-corrected chi connectivity index (χ4v) is 5.38. The van der Waals surface area contributed by atoms with Crippen molar-refractivity contribution in [2.45, 2.75) is 37.8 Å². The summed E-state index contributed by atoms with van der Waals surface area (Å²) in [5.41, 5.74) is 1.33. The van der Waals surface area contributed by atoms with Crippen LogP contribution < -0.4 is 0 Å². The molecule has 6 rings (SSSR count). The lowest BCUT2D eigenvalue weighted by atomic mass is 9.87. The summed E-state index contributed by atoms with van der Waals surface area (Å²) in [6.07, 6.45) is 0.533. The standard InChI is InChI=1S/C28H26O4/c29-16-24-23(30)15-25(32-24)31-14-4-8-19-13-12-18-7-2-10-21-20-9-1-5-17-6-3-11-22(26(17)20)28(19)27(18)21/h1-3,5-7,9-13,23-25,29-30H,4,8,14-16H2/t23-,24+,25-/m0/s1. The van der Waals surface area contributed by atoms with Crippen LogP contribution in [0, 0.1) is 0 Å². The average molecular weight is 427 g/mol. The van der Waals surface area contributed by atoms with E-state index in [4.69, 9.17) is 9.47 Å². The minimum absolute atomic E-state index is 0.184. The number of aliphatic hydroxyl groups excluding tert-OH is 2. The summed E-state index contributed by atoms with van der Waals surface area (Å²) in [6.45, 7) is 0.367. The van der Waals surface area contributed by atoms with Crippen LogP contribution in [0.1, 0.15) is 18.4 Å². The molecule has 5 aromatic carbocycles. The highest BCUT2D eigenvalue weighted by Gasteiger charge is 2.33. The molecule has 1 aliphatic rings. The first-order valence-corrected chi connectivity index (χ1v) is 11.4. The second kappa shape index (κ2) is 7.98. The van der Waals surface area contributed by atoms with Gasteiger partial charge in [-0.3, -0.25) is 0 Å². The van der Waals surface area contributed by atoms with Gasteiger partial charge < -0.3 is 19.7 Å². The van der Waals surface area contributed by atoms with Crippen LogP contribution in [0.2, 0.25) is 0 Å². The molecule has 0 radical (unpaired) electrons. The van der Waals surface area contributed by atoms with Gasteiger partial charge in [0.1, 0.15) is 6.10 Å². The SMILES string of the molecule is OC[C@H]1O[C@H](OCCCc2ccc3cccc4c5cccc6cccc(c2c34)c65)C[C@@H]1O. The summed E-state index contributed by atoms with van der Waals surface area (Å²) in [7, 11) is 0. The Morgan fingerprint density at radius 1 is 0.812 bits per heavy atom. The van der Waals surface area contributed by atoms with Gasteiger partial charge in [0.15, 0.2) is 6.29 Å². The zero-order valence-corrected chi connectivity index (χ0v) is 17.8. The molecule has 5 aromatic rings. The van der Waals surface area contributed by atoms with Crippen molar-refractivity contribution >= 4 is 43.1 Å². The van der Waals surface area contributed by atoms with Crippen LogP contribution >= 0.6 is 0 Å². The van der Waals surface area contributed by atoms with Crippen molar-refractivity contribution < 1.29 is 19.7 Å². The van der Waals surface area contributed by atoms with Crippen molar-refractivity contribution in [1.82, 2.24) is 0 Å². The Balaban J connectivity index is 1.36. The first-order valence-electron chi connectivity index (χ1n) is 11.4. The monoisotopic (exact) mass is 426 g/mol. The molecule has 4 nitrogen and oxygen atoms in total. The molecular weight excluding hydrogens is 400 g/mol. The summed E-state index contributed by atoms with van der Waals surface area (Å²) >= 11 is 0. The topological polar surface area (TPSA) is 58.9 Å². The molecule has 1 heterocycles. The lowest BCUT2D eigenvalue weighted by Gasteiger charge is -2.17. The Kier molecular flexibility index (Phi) is 4.96. The van der Waals surface area contributed by atoms with Crippen LogP contribution in [0.25, 0.3) is 43.1 Å². The zero-order chi connectivity index (χ0) is 21.7. The number of benzene rings is 5. The number of ether oxygens (including phenoxy) is 2. The smallest absolute Gasteiger partial charge is 0.160 e. The van der Waals surface area contributed by atoms with E-state index in [9.17, 15) is 10.2 Å². The summed E-state index contributed by atoms with van der Waals surface area (Å²) in [5.74, 6) is 0. The van der Waals surface area contributed by atoms with Crippen molar-refractivity contribution in [2.75, 3.05) is 13.2 Å². The van der Waals surface area contributed by atoms with Gasteiger partial charge in [-0.15, -0.1) is 0 Å². The second-order valence-corrected chi connectivity index (χ2v) is 8.78. The molecule has 0 aliphatic carbocycles. The summed E-state index contributed by atoms with van der Waals surface area (Å²) in [4.78, 5) is 0. The number of aryl methyl sites for hydroxylation is 1. The molecule has 32 heavy (non-hydrogen) atoms. The Morgan fingerprint density at radius 2 is 1.50 bits per heavy atom. The molecule has 0 spiro atoms. The molecule has 1 fully saturated rings. The van der Waals surface area contributed by atoms with Crippen molar-refractivity contribution in [3.05, 3.63) is 72.3 Å². The number of hydrogen-bond acceptors (Lipinski definition) is 4. The summed E-state index contributed by atoms with van der Waals surface area (Å²) < 4.78 is 11.4. The van der Waals surface area contributed by atoms with E-state index >= 15 is 0 Å². The van der Waals surface area contributed by atoms with Crippen molar-refractivity contribution in [3.63, 3.8) is 0 Å². The van der Waals surface area contributed by atoms with E-state index in [2.05, 4.69) is 66.7 Å². The van der Waals surface area contributed by atoms with Crippen LogP contribution in [-0.4, -0.2) is 41.9 Å². The highest BCUT2D eigenvalue weighted by Crippen LogP contribution is 2.41. The van der Waals surface area contributed by atoms with Crippen LogP contribution in [0.5, 0.6) is 0 Å². The lowest BCUT2D eigenvalue weighted by Crippen LogP contribution is -2.24. The van der Waals surface area contributed by atoms with E-state index in [1.54, 1.807) is 0 Å². The molecule has 2 N–H and O–H groups in total. The fraction of sp³-hybridized carbons (Fsp3) is 0.286. The average Bonchev–Trinajstić information content (AvgIpc) is 3.19. The van der Waals surface area contributed by atoms with Crippen molar-refractivity contribution in [1.29, 1.82) is 0 Å². The highest BCUT2D eigenvalue weighted by atomic mass is 16.7. The van der Waals surface area contributed by atoms with Crippen LogP contribution in [0.15, 0.2) is 66.7 Å². The lowest BCUT2D eigenvalue weighted by molar-refractivity contribution is -0.143. The number of aliphatic hydroxyl groups is 2. The molecule has 1 aliphatic heterocycles. The fourth-order valence-electron chi connectivity index (χ4n) is 5.38. The zero-order valence-electron chi connectivity index (χ0n) is 17.8. The van der Waals surface area contributed by atoms with Gasteiger partial charge in [0, 0.05) is 6.42 Å². The van der Waals surface area contributed by atoms with Gasteiger partial charge in [-0.2, -0.15) is 0 Å². The first kappa shape index (κ1) is 19.9. The largest absolute Gasteiger partial charge is 0.394 e. The van der Waals surface area contributed by atoms with Gasteiger partial charge in [0.05, 0.1) is 19.3 Å². The molecule has 3 atom stereocenters. The highest BCUT2D eigenvalue weighted by molar-refractivity contribution is 6.33. The minimum atomic E-state index is -0.658. The third-order valence-electron chi connectivity index (χ3n) is 6.86. The van der Waals surface area contributed by atoms with Crippen molar-refractivity contribution in [3.8, 4) is 0 Å². The minimum Gasteiger partial charge on any atom is -0.394 e. The molecule has 0 amide bonds. The predicted octanol–water partition coefficient (Wildman–Crippen LogP) is 5.15. The van der Waals surface area contributed by atoms with E-state index in [0.29, 0.717) is 13.0 Å². The molecular formula is C28H26O4. The molecule has 0 unspecified atom stereocenters. The predicted molar refractivity (Wildman–Crippen MR) is 128 cm³/mol. The molecule has 4 heteroatoms. The Bertz CT molecular complexity index is 1400. The van der Waals surface area contributed by atoms with E-state index in [1.165, 1.54) is 48.7 Å². The summed E-state index contributed by atoms with van der Waals surface area (Å²) in [5, 5.41) is 29.6. The Morgan fingerprint density at radius 3 is 2.22 bits per heavy atom. The van der Waals surface area contributed by atoms with Gasteiger partial charge in [0.2, 0.25) is 0 Å². The van der Waals surface area contributed by atoms with Gasteiger partial charge in [-0.1, -0.05) is 66.7 Å². The van der Waals surface area contributed by atoms with Gasteiger partial charge >= 0.3 is 0 Å². The van der Waals surface area contributed by atoms with E-state index < -0.39 is 18.5 Å². The van der Waals surface area contributed by atoms with Gasteiger partial charge in [0.25, 0.3) is 0 Å². The van der Waals surface area contributed by atoms with E-state index in [-0.39, 0.29) is 6.61 Å². The van der Waals surface area contributed by atoms with Crippen LogP contribution in [-0.2, 0) is 15.9 Å². The maximum Gasteiger partial charge on any atom is 0.160 e. The van der Waals surface area contributed by atoms with E-state index in [1.807, 2.05) is 0 Å². The molecule has 1 saturated heterocycles. The second-order valence-electron chi connectivity index (χ2n) is 8.78. The van der Waals surface area contributed by atoms with Crippen LogP contribution in [0.3, 0.4) is 0 Å². The number of fused-ring (bicyclic) bond motifs is 2. The van der Waals surface area contributed by atoms with E-state index in [0.717, 1.165) is 12.8 Å². The Hall–Kier alpha value is -2.76. The third kappa shape index (κ3) is 3.14. The molecule has 162 valence electrons. The molecule has 0 aromatic heterocycles. The quantitative estimate of drug-likeness (QED) is 0.224. The third-order valence-corrected chi connectivity index (χ3v) is 6.86. The van der Waals surface area contributed by atoms with Crippen LogP contribution in [0.4, 0.5) is 0 Å². The normalized spacial score (nSPS) is 21.5. The number of hydrogen-bond donors (Lipinski definition) is 2. The maximum absolute atomic E-state index is 9.88. The Labute approximate surface area is 186 Å². The first-order chi connectivity index (χ1) is 15.7. The van der Waals surface area contributed by atoms with Gasteiger partial charge in [-0.05, 0) is 61.5 Å². The van der Waals surface area contributed by atoms with Crippen molar-refractivity contribution in [2.24, 2.45) is 0 Å². The van der Waals surface area contributed by atoms with Gasteiger partial charge in [-0.25, -0.2) is 0 Å². The molecule has 0 bridgehead atoms. The molecule has 0 saturated carbocycles.